The van der Waals surface area contributed by atoms with E-state index >= 15 is 0 Å². The molecule has 2 aromatic carbocycles. The minimum Gasteiger partial charge on any atom is -0.377 e. The summed E-state index contributed by atoms with van der Waals surface area (Å²) in [5.41, 5.74) is 5.13. The Morgan fingerprint density at radius 1 is 0.957 bits per heavy atom. The van der Waals surface area contributed by atoms with Crippen LogP contribution in [0.5, 0.6) is 0 Å². The summed E-state index contributed by atoms with van der Waals surface area (Å²) in [5.74, 6) is 0. The van der Waals surface area contributed by atoms with Crippen molar-refractivity contribution in [3.05, 3.63) is 59.7 Å². The van der Waals surface area contributed by atoms with Crippen LogP contribution in [0.25, 0.3) is 11.1 Å². The molecule has 3 nitrogen and oxygen atoms in total. The van der Waals surface area contributed by atoms with Gasteiger partial charge in [0, 0.05) is 39.8 Å². The number of piperazine rings is 1. The molecule has 3 heteroatoms. The quantitative estimate of drug-likeness (QED) is 0.915. The lowest BCUT2D eigenvalue weighted by molar-refractivity contribution is 0.119. The van der Waals surface area contributed by atoms with Gasteiger partial charge in [0.2, 0.25) is 0 Å². The van der Waals surface area contributed by atoms with Crippen molar-refractivity contribution in [3.8, 4) is 11.1 Å². The van der Waals surface area contributed by atoms with E-state index in [0.29, 0.717) is 0 Å². The van der Waals surface area contributed by atoms with Gasteiger partial charge in [-0.15, -0.1) is 0 Å². The van der Waals surface area contributed by atoms with Gasteiger partial charge in [-0.2, -0.15) is 0 Å². The lowest BCUT2D eigenvalue weighted by Crippen LogP contribution is -2.42. The Hall–Kier alpha value is -1.68. The highest BCUT2D eigenvalue weighted by Gasteiger charge is 2.10. The maximum Gasteiger partial charge on any atom is 0.0793 e. The fraction of sp³-hybridized carbons (Fsp3) is 0.400. The van der Waals surface area contributed by atoms with E-state index in [1.165, 1.54) is 22.3 Å². The lowest BCUT2D eigenvalue weighted by Gasteiger charge is -2.27. The molecule has 2 aromatic rings. The van der Waals surface area contributed by atoms with Gasteiger partial charge in [0.05, 0.1) is 6.10 Å². The average Bonchev–Trinajstić information content (AvgIpc) is 2.63. The highest BCUT2D eigenvalue weighted by molar-refractivity contribution is 5.64. The molecular formula is C20H26N2O. The number of hydrogen-bond acceptors (Lipinski definition) is 3. The molecule has 23 heavy (non-hydrogen) atoms. The van der Waals surface area contributed by atoms with Gasteiger partial charge in [0.15, 0.2) is 0 Å². The molecular weight excluding hydrogens is 284 g/mol. The summed E-state index contributed by atoms with van der Waals surface area (Å²) in [6.45, 7) is 7.60. The number of hydrogen-bond donors (Lipinski definition) is 1. The smallest absolute Gasteiger partial charge is 0.0793 e. The summed E-state index contributed by atoms with van der Waals surface area (Å²) < 4.78 is 5.36. The van der Waals surface area contributed by atoms with E-state index < -0.39 is 0 Å². The van der Waals surface area contributed by atoms with Crippen molar-refractivity contribution in [1.29, 1.82) is 0 Å². The maximum atomic E-state index is 5.36. The number of ether oxygens (including phenoxy) is 1. The van der Waals surface area contributed by atoms with Crippen LogP contribution in [0.3, 0.4) is 0 Å². The fourth-order valence-corrected chi connectivity index (χ4v) is 3.01. The van der Waals surface area contributed by atoms with E-state index in [0.717, 1.165) is 32.7 Å². The van der Waals surface area contributed by atoms with Crippen molar-refractivity contribution in [2.45, 2.75) is 19.6 Å². The normalized spacial score (nSPS) is 17.1. The number of benzene rings is 2. The molecule has 3 rings (SSSR count). The van der Waals surface area contributed by atoms with Gasteiger partial charge in [-0.05, 0) is 29.2 Å². The van der Waals surface area contributed by atoms with Crippen molar-refractivity contribution < 1.29 is 4.74 Å². The predicted molar refractivity (Wildman–Crippen MR) is 95.4 cm³/mol. The first-order valence-corrected chi connectivity index (χ1v) is 8.41. The Morgan fingerprint density at radius 3 is 2.09 bits per heavy atom. The van der Waals surface area contributed by atoms with E-state index in [2.05, 4.69) is 65.7 Å². The molecule has 0 radical (unpaired) electrons. The van der Waals surface area contributed by atoms with E-state index in [-0.39, 0.29) is 6.10 Å². The number of nitrogens with one attached hydrogen (secondary N) is 1. The second kappa shape index (κ2) is 7.73. The topological polar surface area (TPSA) is 24.5 Å². The van der Waals surface area contributed by atoms with Crippen molar-refractivity contribution in [2.24, 2.45) is 0 Å². The summed E-state index contributed by atoms with van der Waals surface area (Å²) in [7, 11) is 1.75. The molecule has 1 aliphatic heterocycles. The minimum atomic E-state index is 0.144. The van der Waals surface area contributed by atoms with E-state index in [4.69, 9.17) is 4.74 Å². The summed E-state index contributed by atoms with van der Waals surface area (Å²) in [4.78, 5) is 2.51. The SMILES string of the molecule is CO[C@H](C)c1ccc(-c2ccc(CN3CCNCC3)cc2)cc1. The summed E-state index contributed by atoms with van der Waals surface area (Å²) in [6, 6.07) is 17.6. The first-order chi connectivity index (χ1) is 11.3. The zero-order valence-electron chi connectivity index (χ0n) is 14.1. The molecule has 0 aromatic heterocycles. The summed E-state index contributed by atoms with van der Waals surface area (Å²) >= 11 is 0. The molecule has 0 amide bonds. The molecule has 0 bridgehead atoms. The lowest BCUT2D eigenvalue weighted by atomic mass is 10.0. The summed E-state index contributed by atoms with van der Waals surface area (Å²) in [6.07, 6.45) is 0.144. The van der Waals surface area contributed by atoms with Crippen molar-refractivity contribution in [1.82, 2.24) is 10.2 Å². The largest absolute Gasteiger partial charge is 0.377 e. The highest BCUT2D eigenvalue weighted by atomic mass is 16.5. The first kappa shape index (κ1) is 16.2. The molecule has 1 fully saturated rings. The van der Waals surface area contributed by atoms with Crippen LogP contribution in [0, 0.1) is 0 Å². The number of nitrogens with zero attached hydrogens (tertiary/aromatic N) is 1. The van der Waals surface area contributed by atoms with Gasteiger partial charge in [0.1, 0.15) is 0 Å². The van der Waals surface area contributed by atoms with Gasteiger partial charge in [0.25, 0.3) is 0 Å². The van der Waals surface area contributed by atoms with Gasteiger partial charge < -0.3 is 10.1 Å². The molecule has 122 valence electrons. The van der Waals surface area contributed by atoms with Crippen molar-refractivity contribution in [2.75, 3.05) is 33.3 Å². The van der Waals surface area contributed by atoms with Gasteiger partial charge in [-0.3, -0.25) is 4.90 Å². The molecule has 1 heterocycles. The maximum absolute atomic E-state index is 5.36. The Kier molecular flexibility index (Phi) is 5.44. The monoisotopic (exact) mass is 310 g/mol. The molecule has 1 saturated heterocycles. The Morgan fingerprint density at radius 2 is 1.52 bits per heavy atom. The first-order valence-electron chi connectivity index (χ1n) is 8.41. The standard InChI is InChI=1S/C20H26N2O/c1-16(23-2)18-7-9-20(10-8-18)19-5-3-17(4-6-19)15-22-13-11-21-12-14-22/h3-10,16,21H,11-15H2,1-2H3/t16-/m1/s1. The van der Waals surface area contributed by atoms with Crippen LogP contribution in [0.2, 0.25) is 0 Å². The zero-order chi connectivity index (χ0) is 16.1. The van der Waals surface area contributed by atoms with Crippen LogP contribution < -0.4 is 5.32 Å². The van der Waals surface area contributed by atoms with Gasteiger partial charge in [-0.1, -0.05) is 48.5 Å². The molecule has 1 N–H and O–H groups in total. The third-order valence-corrected chi connectivity index (χ3v) is 4.64. The second-order valence-electron chi connectivity index (χ2n) is 6.22. The second-order valence-corrected chi connectivity index (χ2v) is 6.22. The van der Waals surface area contributed by atoms with E-state index in [1.807, 2.05) is 0 Å². The molecule has 1 aliphatic rings. The van der Waals surface area contributed by atoms with Crippen LogP contribution in [0.15, 0.2) is 48.5 Å². The predicted octanol–water partition coefficient (Wildman–Crippen LogP) is 3.47. The third kappa shape index (κ3) is 4.20. The van der Waals surface area contributed by atoms with Crippen LogP contribution in [-0.2, 0) is 11.3 Å². The van der Waals surface area contributed by atoms with Gasteiger partial charge >= 0.3 is 0 Å². The van der Waals surface area contributed by atoms with Crippen LogP contribution in [0.4, 0.5) is 0 Å². The Labute approximate surface area is 139 Å². The zero-order valence-corrected chi connectivity index (χ0v) is 14.1. The Bertz CT molecular complexity index is 601. The minimum absolute atomic E-state index is 0.144. The molecule has 0 unspecified atom stereocenters. The highest BCUT2D eigenvalue weighted by Crippen LogP contribution is 2.23. The molecule has 0 spiro atoms. The third-order valence-electron chi connectivity index (χ3n) is 4.64. The molecule has 0 aliphatic carbocycles. The number of rotatable bonds is 5. The molecule has 1 atom stereocenters. The van der Waals surface area contributed by atoms with E-state index in [9.17, 15) is 0 Å². The van der Waals surface area contributed by atoms with Gasteiger partial charge in [-0.25, -0.2) is 0 Å². The summed E-state index contributed by atoms with van der Waals surface area (Å²) in [5, 5.41) is 3.40. The van der Waals surface area contributed by atoms with E-state index in [1.54, 1.807) is 7.11 Å². The van der Waals surface area contributed by atoms with Crippen LogP contribution in [0.1, 0.15) is 24.2 Å². The van der Waals surface area contributed by atoms with Crippen LogP contribution in [-0.4, -0.2) is 38.2 Å². The Balaban J connectivity index is 1.66. The fourth-order valence-electron chi connectivity index (χ4n) is 3.01. The van der Waals surface area contributed by atoms with Crippen molar-refractivity contribution in [3.63, 3.8) is 0 Å². The average molecular weight is 310 g/mol. The molecule has 0 saturated carbocycles. The van der Waals surface area contributed by atoms with Crippen LogP contribution >= 0.6 is 0 Å². The number of methoxy groups -OCH3 is 1. The van der Waals surface area contributed by atoms with Crippen molar-refractivity contribution >= 4 is 0 Å².